The molecule has 0 radical (unpaired) electrons. The van der Waals surface area contributed by atoms with Gasteiger partial charge in [0.15, 0.2) is 0 Å². The molecule has 98 valence electrons. The number of halogens is 2. The van der Waals surface area contributed by atoms with Crippen LogP contribution in [0.15, 0.2) is 51.4 Å². The highest BCUT2D eigenvalue weighted by molar-refractivity contribution is 9.11. The molecule has 0 aromatic heterocycles. The van der Waals surface area contributed by atoms with E-state index in [1.807, 2.05) is 36.4 Å². The van der Waals surface area contributed by atoms with Gasteiger partial charge in [0.05, 0.1) is 6.04 Å². The third-order valence-corrected chi connectivity index (χ3v) is 4.61. The van der Waals surface area contributed by atoms with Crippen LogP contribution in [0.5, 0.6) is 5.75 Å². The quantitative estimate of drug-likeness (QED) is 0.843. The van der Waals surface area contributed by atoms with Gasteiger partial charge in [0.2, 0.25) is 0 Å². The lowest BCUT2D eigenvalue weighted by molar-refractivity contribution is 0.199. The molecule has 0 saturated carbocycles. The molecule has 2 aromatic carbocycles. The Morgan fingerprint density at radius 1 is 1.16 bits per heavy atom. The SMILES string of the molecule is NC(c1cc(Br)ccc1Br)C1Cc2ccccc2O1. The molecule has 2 nitrogen and oxygen atoms in total. The van der Waals surface area contributed by atoms with Crippen LogP contribution in [0.4, 0.5) is 0 Å². The first-order valence-corrected chi connectivity index (χ1v) is 7.69. The maximum atomic E-state index is 6.37. The van der Waals surface area contributed by atoms with Crippen LogP contribution in [-0.4, -0.2) is 6.10 Å². The Labute approximate surface area is 129 Å². The first-order chi connectivity index (χ1) is 9.15. The maximum absolute atomic E-state index is 6.37. The van der Waals surface area contributed by atoms with Gasteiger partial charge < -0.3 is 10.5 Å². The second-order valence-corrected chi connectivity index (χ2v) is 6.43. The van der Waals surface area contributed by atoms with Crippen molar-refractivity contribution in [2.75, 3.05) is 0 Å². The molecule has 0 amide bonds. The molecule has 2 aromatic rings. The second-order valence-electron chi connectivity index (χ2n) is 4.66. The summed E-state index contributed by atoms with van der Waals surface area (Å²) in [4.78, 5) is 0. The zero-order valence-electron chi connectivity index (χ0n) is 10.1. The standard InChI is InChI=1S/C15H13Br2NO/c16-10-5-6-12(17)11(8-10)15(18)14-7-9-3-1-2-4-13(9)19-14/h1-6,8,14-15H,7,18H2. The molecule has 2 N–H and O–H groups in total. The van der Waals surface area contributed by atoms with Crippen molar-refractivity contribution in [3.05, 3.63) is 62.5 Å². The summed E-state index contributed by atoms with van der Waals surface area (Å²) in [5, 5.41) is 0. The Hall–Kier alpha value is -0.840. The van der Waals surface area contributed by atoms with E-state index in [0.29, 0.717) is 0 Å². The summed E-state index contributed by atoms with van der Waals surface area (Å²) in [5.41, 5.74) is 8.67. The van der Waals surface area contributed by atoms with Crippen LogP contribution in [0, 0.1) is 0 Å². The molecule has 0 bridgehead atoms. The van der Waals surface area contributed by atoms with Crippen LogP contribution >= 0.6 is 31.9 Å². The van der Waals surface area contributed by atoms with Gasteiger partial charge in [0.25, 0.3) is 0 Å². The van der Waals surface area contributed by atoms with Crippen LogP contribution in [-0.2, 0) is 6.42 Å². The largest absolute Gasteiger partial charge is 0.488 e. The summed E-state index contributed by atoms with van der Waals surface area (Å²) in [5.74, 6) is 0.953. The van der Waals surface area contributed by atoms with Gasteiger partial charge in [-0.15, -0.1) is 0 Å². The van der Waals surface area contributed by atoms with E-state index >= 15 is 0 Å². The second kappa shape index (κ2) is 5.27. The smallest absolute Gasteiger partial charge is 0.123 e. The third kappa shape index (κ3) is 2.57. The van der Waals surface area contributed by atoms with Crippen molar-refractivity contribution in [3.63, 3.8) is 0 Å². The van der Waals surface area contributed by atoms with E-state index < -0.39 is 0 Å². The maximum Gasteiger partial charge on any atom is 0.123 e. The number of nitrogens with two attached hydrogens (primary N) is 1. The van der Waals surface area contributed by atoms with E-state index in [4.69, 9.17) is 10.5 Å². The minimum absolute atomic E-state index is 0.0111. The molecule has 19 heavy (non-hydrogen) atoms. The van der Waals surface area contributed by atoms with Gasteiger partial charge in [-0.05, 0) is 35.4 Å². The van der Waals surface area contributed by atoms with E-state index in [2.05, 4.69) is 37.9 Å². The normalized spacial score (nSPS) is 18.8. The zero-order chi connectivity index (χ0) is 13.4. The van der Waals surface area contributed by atoms with Crippen molar-refractivity contribution in [2.45, 2.75) is 18.6 Å². The summed E-state index contributed by atoms with van der Waals surface area (Å²) in [6.45, 7) is 0. The van der Waals surface area contributed by atoms with Gasteiger partial charge in [-0.1, -0.05) is 50.1 Å². The third-order valence-electron chi connectivity index (χ3n) is 3.39. The molecule has 1 aliphatic rings. The average Bonchev–Trinajstić information content (AvgIpc) is 2.84. The van der Waals surface area contributed by atoms with E-state index in [-0.39, 0.29) is 12.1 Å². The van der Waals surface area contributed by atoms with Gasteiger partial charge in [0, 0.05) is 15.4 Å². The molecule has 1 heterocycles. The number of hydrogen-bond acceptors (Lipinski definition) is 2. The number of rotatable bonds is 2. The predicted molar refractivity (Wildman–Crippen MR) is 83.3 cm³/mol. The monoisotopic (exact) mass is 381 g/mol. The molecule has 2 atom stereocenters. The summed E-state index contributed by atoms with van der Waals surface area (Å²) in [6.07, 6.45) is 0.846. The Morgan fingerprint density at radius 2 is 1.95 bits per heavy atom. The summed E-state index contributed by atoms with van der Waals surface area (Å²) in [7, 11) is 0. The van der Waals surface area contributed by atoms with Gasteiger partial charge in [0.1, 0.15) is 11.9 Å². The molecule has 3 rings (SSSR count). The molecule has 0 fully saturated rings. The van der Waals surface area contributed by atoms with Crippen LogP contribution < -0.4 is 10.5 Å². The van der Waals surface area contributed by atoms with Crippen LogP contribution in [0.25, 0.3) is 0 Å². The van der Waals surface area contributed by atoms with Gasteiger partial charge in [-0.3, -0.25) is 0 Å². The number of ether oxygens (including phenoxy) is 1. The lowest BCUT2D eigenvalue weighted by atomic mass is 9.99. The van der Waals surface area contributed by atoms with Crippen molar-refractivity contribution >= 4 is 31.9 Å². The Kier molecular flexibility index (Phi) is 3.65. The van der Waals surface area contributed by atoms with Crippen molar-refractivity contribution < 1.29 is 4.74 Å². The topological polar surface area (TPSA) is 35.2 Å². The summed E-state index contributed by atoms with van der Waals surface area (Å²) < 4.78 is 8.00. The Morgan fingerprint density at radius 3 is 2.74 bits per heavy atom. The summed E-state index contributed by atoms with van der Waals surface area (Å²) in [6, 6.07) is 14.0. The van der Waals surface area contributed by atoms with E-state index in [1.165, 1.54) is 5.56 Å². The van der Waals surface area contributed by atoms with E-state index in [1.54, 1.807) is 0 Å². The number of hydrogen-bond donors (Lipinski definition) is 1. The lowest BCUT2D eigenvalue weighted by Crippen LogP contribution is -2.30. The van der Waals surface area contributed by atoms with Gasteiger partial charge in [-0.2, -0.15) is 0 Å². The highest BCUT2D eigenvalue weighted by atomic mass is 79.9. The molecule has 0 saturated heterocycles. The summed E-state index contributed by atoms with van der Waals surface area (Å²) >= 11 is 7.04. The van der Waals surface area contributed by atoms with Gasteiger partial charge >= 0.3 is 0 Å². The molecular formula is C15H13Br2NO. The van der Waals surface area contributed by atoms with Crippen molar-refractivity contribution in [2.24, 2.45) is 5.73 Å². The fraction of sp³-hybridized carbons (Fsp3) is 0.200. The van der Waals surface area contributed by atoms with Crippen LogP contribution in [0.1, 0.15) is 17.2 Å². The van der Waals surface area contributed by atoms with E-state index in [9.17, 15) is 0 Å². The van der Waals surface area contributed by atoms with E-state index in [0.717, 1.165) is 26.7 Å². The minimum Gasteiger partial charge on any atom is -0.488 e. The molecule has 4 heteroatoms. The average molecular weight is 383 g/mol. The molecular weight excluding hydrogens is 370 g/mol. The van der Waals surface area contributed by atoms with Crippen LogP contribution in [0.2, 0.25) is 0 Å². The molecule has 1 aliphatic heterocycles. The number of fused-ring (bicyclic) bond motifs is 1. The molecule has 2 unspecified atom stereocenters. The predicted octanol–water partition coefficient (Wildman–Crippen LogP) is 4.22. The zero-order valence-corrected chi connectivity index (χ0v) is 13.3. The highest BCUT2D eigenvalue weighted by Gasteiger charge is 2.29. The number of para-hydroxylation sites is 1. The fourth-order valence-electron chi connectivity index (χ4n) is 2.38. The highest BCUT2D eigenvalue weighted by Crippen LogP contribution is 2.35. The van der Waals surface area contributed by atoms with Crippen molar-refractivity contribution in [1.29, 1.82) is 0 Å². The first kappa shape index (κ1) is 13.2. The Balaban J connectivity index is 1.87. The minimum atomic E-state index is -0.153. The lowest BCUT2D eigenvalue weighted by Gasteiger charge is -2.21. The number of benzene rings is 2. The van der Waals surface area contributed by atoms with Crippen LogP contribution in [0.3, 0.4) is 0 Å². The first-order valence-electron chi connectivity index (χ1n) is 6.10. The Bertz CT molecular complexity index is 590. The fourth-order valence-corrected chi connectivity index (χ4v) is 3.27. The molecule has 0 aliphatic carbocycles. The molecule has 0 spiro atoms. The van der Waals surface area contributed by atoms with Crippen molar-refractivity contribution in [1.82, 2.24) is 0 Å². The van der Waals surface area contributed by atoms with Gasteiger partial charge in [-0.25, -0.2) is 0 Å². The van der Waals surface area contributed by atoms with Crippen molar-refractivity contribution in [3.8, 4) is 5.75 Å².